The number of benzene rings is 1. The molecule has 2 aliphatic rings. The predicted octanol–water partition coefficient (Wildman–Crippen LogP) is 3.71. The lowest BCUT2D eigenvalue weighted by Gasteiger charge is -2.25. The van der Waals surface area contributed by atoms with Gasteiger partial charge in [0.1, 0.15) is 21.5 Å². The zero-order valence-electron chi connectivity index (χ0n) is 18.3. The van der Waals surface area contributed by atoms with E-state index in [0.29, 0.717) is 22.2 Å². The average molecular weight is 470 g/mol. The summed E-state index contributed by atoms with van der Waals surface area (Å²) in [5.74, 6) is 0.720. The van der Waals surface area contributed by atoms with Crippen molar-refractivity contribution in [1.29, 1.82) is 0 Å². The quantitative estimate of drug-likeness (QED) is 0.507. The van der Waals surface area contributed by atoms with Crippen molar-refractivity contribution < 1.29 is 9.18 Å². The highest BCUT2D eigenvalue weighted by atomic mass is 32.1. The molecule has 5 N–H and O–H groups in total. The SMILES string of the molecule is Nc1sc(-c2ccccc2F)nc1C(=O)Nc1cnn(CC2CC2)c1N1CCCC(N)CC1. The van der Waals surface area contributed by atoms with Gasteiger partial charge in [-0.05, 0) is 50.2 Å². The fourth-order valence-corrected chi connectivity index (χ4v) is 5.09. The minimum atomic E-state index is -0.426. The molecule has 5 rings (SSSR count). The van der Waals surface area contributed by atoms with Crippen molar-refractivity contribution in [2.24, 2.45) is 11.7 Å². The number of hydrogen-bond donors (Lipinski definition) is 3. The number of carbonyl (C=O) groups excluding carboxylic acids is 1. The van der Waals surface area contributed by atoms with Gasteiger partial charge in [-0.15, -0.1) is 0 Å². The average Bonchev–Trinajstić information content (AvgIpc) is 3.47. The van der Waals surface area contributed by atoms with Crippen LogP contribution in [0.5, 0.6) is 0 Å². The van der Waals surface area contributed by atoms with Gasteiger partial charge in [-0.3, -0.25) is 4.79 Å². The Morgan fingerprint density at radius 2 is 2.03 bits per heavy atom. The first-order chi connectivity index (χ1) is 16.0. The van der Waals surface area contributed by atoms with E-state index in [-0.39, 0.29) is 16.7 Å². The summed E-state index contributed by atoms with van der Waals surface area (Å²) >= 11 is 1.10. The first-order valence-corrected chi connectivity index (χ1v) is 12.2. The van der Waals surface area contributed by atoms with Gasteiger partial charge in [-0.2, -0.15) is 5.10 Å². The molecule has 2 aromatic heterocycles. The maximum Gasteiger partial charge on any atom is 0.277 e. The molecular weight excluding hydrogens is 441 g/mol. The van der Waals surface area contributed by atoms with Crippen molar-refractivity contribution in [3.63, 3.8) is 0 Å². The Morgan fingerprint density at radius 3 is 2.82 bits per heavy atom. The van der Waals surface area contributed by atoms with Gasteiger partial charge in [0.05, 0.1) is 6.20 Å². The van der Waals surface area contributed by atoms with Crippen LogP contribution < -0.4 is 21.7 Å². The summed E-state index contributed by atoms with van der Waals surface area (Å²) in [6.45, 7) is 2.52. The van der Waals surface area contributed by atoms with E-state index in [1.165, 1.54) is 18.9 Å². The normalized spacial score (nSPS) is 18.8. The number of amides is 1. The predicted molar refractivity (Wildman–Crippen MR) is 129 cm³/mol. The summed E-state index contributed by atoms with van der Waals surface area (Å²) in [4.78, 5) is 19.8. The van der Waals surface area contributed by atoms with Gasteiger partial charge in [0.25, 0.3) is 5.91 Å². The monoisotopic (exact) mass is 469 g/mol. The van der Waals surface area contributed by atoms with Gasteiger partial charge in [-0.1, -0.05) is 23.5 Å². The summed E-state index contributed by atoms with van der Waals surface area (Å²) in [5, 5.41) is 8.18. The number of nitrogen functional groups attached to an aromatic ring is 1. The fourth-order valence-electron chi connectivity index (χ4n) is 4.24. The van der Waals surface area contributed by atoms with Gasteiger partial charge in [0.15, 0.2) is 11.5 Å². The molecule has 1 atom stereocenters. The van der Waals surface area contributed by atoms with Crippen molar-refractivity contribution in [3.05, 3.63) is 42.0 Å². The van der Waals surface area contributed by atoms with E-state index in [0.717, 1.165) is 56.1 Å². The van der Waals surface area contributed by atoms with E-state index in [1.54, 1.807) is 24.4 Å². The molecule has 0 radical (unpaired) electrons. The zero-order chi connectivity index (χ0) is 22.9. The number of halogens is 1. The zero-order valence-corrected chi connectivity index (χ0v) is 19.2. The summed E-state index contributed by atoms with van der Waals surface area (Å²) < 4.78 is 16.2. The number of thiazole rings is 1. The molecule has 0 spiro atoms. The minimum absolute atomic E-state index is 0.0945. The van der Waals surface area contributed by atoms with Crippen molar-refractivity contribution in [2.75, 3.05) is 29.0 Å². The van der Waals surface area contributed by atoms with Crippen molar-refractivity contribution in [3.8, 4) is 10.6 Å². The van der Waals surface area contributed by atoms with Crippen LogP contribution in [-0.2, 0) is 6.54 Å². The molecule has 1 unspecified atom stereocenters. The van der Waals surface area contributed by atoms with E-state index >= 15 is 0 Å². The fraction of sp³-hybridized carbons (Fsp3) is 0.435. The molecule has 2 fully saturated rings. The Morgan fingerprint density at radius 1 is 1.21 bits per heavy atom. The maximum atomic E-state index is 14.2. The van der Waals surface area contributed by atoms with E-state index < -0.39 is 11.7 Å². The molecule has 8 nitrogen and oxygen atoms in total. The first kappa shape index (κ1) is 21.8. The lowest BCUT2D eigenvalue weighted by molar-refractivity contribution is 0.102. The smallest absolute Gasteiger partial charge is 0.277 e. The maximum absolute atomic E-state index is 14.2. The Labute approximate surface area is 195 Å². The highest BCUT2D eigenvalue weighted by Gasteiger charge is 2.28. The number of nitrogens with zero attached hydrogens (tertiary/aromatic N) is 4. The van der Waals surface area contributed by atoms with Gasteiger partial charge >= 0.3 is 0 Å². The molecular formula is C23H28FN7OS. The molecule has 3 aromatic rings. The lowest BCUT2D eigenvalue weighted by Crippen LogP contribution is -2.30. The number of aromatic nitrogens is 3. The third-order valence-electron chi connectivity index (χ3n) is 6.23. The Hall–Kier alpha value is -2.98. The van der Waals surface area contributed by atoms with E-state index in [9.17, 15) is 9.18 Å². The first-order valence-electron chi connectivity index (χ1n) is 11.4. The number of rotatable bonds is 6. The molecule has 0 bridgehead atoms. The minimum Gasteiger partial charge on any atom is -0.389 e. The van der Waals surface area contributed by atoms with Crippen LogP contribution in [-0.4, -0.2) is 39.8 Å². The summed E-state index contributed by atoms with van der Waals surface area (Å²) in [7, 11) is 0. The topological polar surface area (TPSA) is 115 Å². The standard InChI is InChI=1S/C23H28FN7OS/c24-17-6-2-1-5-16(17)22-29-19(20(26)33-22)21(32)28-18-12-27-31(13-14-7-8-14)23(18)30-10-3-4-15(25)9-11-30/h1-2,5-6,12,14-15H,3-4,7-11,13,25-26H2,(H,28,32). The van der Waals surface area contributed by atoms with Crippen LogP contribution in [0, 0.1) is 11.7 Å². The van der Waals surface area contributed by atoms with Gasteiger partial charge in [-0.25, -0.2) is 14.1 Å². The van der Waals surface area contributed by atoms with Gasteiger partial charge in [0, 0.05) is 31.2 Å². The van der Waals surface area contributed by atoms with Crippen LogP contribution in [0.3, 0.4) is 0 Å². The summed E-state index contributed by atoms with van der Waals surface area (Å²) in [6.07, 6.45) is 6.99. The Kier molecular flexibility index (Phi) is 6.03. The third-order valence-corrected chi connectivity index (χ3v) is 7.15. The van der Waals surface area contributed by atoms with Gasteiger partial charge < -0.3 is 21.7 Å². The molecule has 1 saturated carbocycles. The number of hydrogen-bond acceptors (Lipinski definition) is 7. The molecule has 1 amide bonds. The van der Waals surface area contributed by atoms with Crippen LogP contribution in [0.1, 0.15) is 42.6 Å². The number of anilines is 3. The highest BCUT2D eigenvalue weighted by Crippen LogP contribution is 2.36. The Bertz CT molecular complexity index is 1160. The molecule has 1 aliphatic heterocycles. The van der Waals surface area contributed by atoms with Crippen molar-refractivity contribution in [2.45, 2.75) is 44.7 Å². The van der Waals surface area contributed by atoms with Crippen molar-refractivity contribution in [1.82, 2.24) is 14.8 Å². The molecule has 174 valence electrons. The third kappa shape index (κ3) is 4.72. The summed E-state index contributed by atoms with van der Waals surface area (Å²) in [5.41, 5.74) is 13.3. The van der Waals surface area contributed by atoms with Crippen LogP contribution >= 0.6 is 11.3 Å². The molecule has 33 heavy (non-hydrogen) atoms. The number of nitrogens with two attached hydrogens (primary N) is 2. The van der Waals surface area contributed by atoms with Crippen LogP contribution in [0.4, 0.5) is 20.9 Å². The number of carbonyl (C=O) groups is 1. The van der Waals surface area contributed by atoms with Crippen LogP contribution in [0.15, 0.2) is 30.5 Å². The van der Waals surface area contributed by atoms with Crippen molar-refractivity contribution >= 4 is 33.8 Å². The molecule has 10 heteroatoms. The van der Waals surface area contributed by atoms with E-state index in [1.807, 2.05) is 4.68 Å². The largest absolute Gasteiger partial charge is 0.389 e. The van der Waals surface area contributed by atoms with Crippen LogP contribution in [0.25, 0.3) is 10.6 Å². The summed E-state index contributed by atoms with van der Waals surface area (Å²) in [6, 6.07) is 6.52. The van der Waals surface area contributed by atoms with Crippen LogP contribution in [0.2, 0.25) is 0 Å². The molecule has 3 heterocycles. The molecule has 1 aliphatic carbocycles. The highest BCUT2D eigenvalue weighted by molar-refractivity contribution is 7.19. The second-order valence-corrected chi connectivity index (χ2v) is 9.88. The second-order valence-electron chi connectivity index (χ2n) is 8.85. The van der Waals surface area contributed by atoms with E-state index in [2.05, 4.69) is 20.3 Å². The Balaban J connectivity index is 1.41. The lowest BCUT2D eigenvalue weighted by atomic mass is 10.1. The second kappa shape index (κ2) is 9.11. The molecule has 1 aromatic carbocycles. The molecule has 1 saturated heterocycles. The van der Waals surface area contributed by atoms with Gasteiger partial charge in [0.2, 0.25) is 0 Å². The van der Waals surface area contributed by atoms with E-state index in [4.69, 9.17) is 11.5 Å². The number of nitrogens with one attached hydrogen (secondary N) is 1.